The number of hydrogen-bond donors (Lipinski definition) is 2. The molecule has 16 heavy (non-hydrogen) atoms. The Kier molecular flexibility index (Phi) is 2.51. The maximum absolute atomic E-state index is 12.3. The first-order valence-corrected chi connectivity index (χ1v) is 4.51. The molecule has 0 bridgehead atoms. The Labute approximate surface area is 92.1 Å². The van der Waals surface area contributed by atoms with Crippen LogP contribution in [0.2, 0.25) is 5.15 Å². The highest BCUT2D eigenvalue weighted by atomic mass is 35.5. The number of aromatic amines is 1. The van der Waals surface area contributed by atoms with Crippen molar-refractivity contribution in [2.24, 2.45) is 0 Å². The number of alkyl halides is 3. The van der Waals surface area contributed by atoms with Crippen LogP contribution in [0.5, 0.6) is 0 Å². The van der Waals surface area contributed by atoms with Gasteiger partial charge in [-0.2, -0.15) is 13.2 Å². The lowest BCUT2D eigenvalue weighted by Crippen LogP contribution is -2.19. The molecule has 86 valence electrons. The van der Waals surface area contributed by atoms with Gasteiger partial charge in [0.1, 0.15) is 17.1 Å². The molecule has 0 radical (unpaired) electrons. The summed E-state index contributed by atoms with van der Waals surface area (Å²) in [4.78, 5) is 9.74. The number of nitrogens with zero attached hydrogens (tertiary/aromatic N) is 2. The molecule has 0 amide bonds. The van der Waals surface area contributed by atoms with E-state index in [9.17, 15) is 13.2 Å². The minimum atomic E-state index is -4.76. The maximum Gasteiger partial charge on any atom is 0.418 e. The molecule has 2 rings (SSSR count). The van der Waals surface area contributed by atoms with Crippen molar-refractivity contribution in [1.82, 2.24) is 15.0 Å². The molecule has 2 aromatic rings. The zero-order chi connectivity index (χ0) is 11.9. The van der Waals surface area contributed by atoms with Crippen LogP contribution >= 0.6 is 11.6 Å². The number of aromatic nitrogens is 3. The Hall–Kier alpha value is -1.34. The largest absolute Gasteiger partial charge is 0.418 e. The molecule has 8 heteroatoms. The first kappa shape index (κ1) is 11.2. The third-order valence-electron chi connectivity index (χ3n) is 2.06. The van der Waals surface area contributed by atoms with Crippen molar-refractivity contribution in [2.45, 2.75) is 12.3 Å². The highest BCUT2D eigenvalue weighted by Crippen LogP contribution is 2.37. The second-order valence-corrected chi connectivity index (χ2v) is 3.43. The maximum atomic E-state index is 12.3. The summed E-state index contributed by atoms with van der Waals surface area (Å²) in [5.41, 5.74) is -0.230. The normalized spacial score (nSPS) is 14.3. The van der Waals surface area contributed by atoms with Crippen molar-refractivity contribution < 1.29 is 18.3 Å². The molecule has 2 aromatic heterocycles. The molecule has 4 nitrogen and oxygen atoms in total. The van der Waals surface area contributed by atoms with Crippen LogP contribution in [0, 0.1) is 0 Å². The van der Waals surface area contributed by atoms with Crippen LogP contribution in [-0.4, -0.2) is 26.2 Å². The number of H-pyrrole nitrogens is 1. The standard InChI is InChI=1S/C8H5ClF3N3O/c9-6-4-3(5(16)8(10,11)12)1-13-7(4)15-2-14-6/h1-2,5,16H,(H,13,14,15)/t5-/m0/s1. The van der Waals surface area contributed by atoms with Crippen LogP contribution in [0.4, 0.5) is 13.2 Å². The Bertz CT molecular complexity index is 525. The van der Waals surface area contributed by atoms with Crippen molar-refractivity contribution in [2.75, 3.05) is 0 Å². The van der Waals surface area contributed by atoms with E-state index in [1.54, 1.807) is 0 Å². The fourth-order valence-corrected chi connectivity index (χ4v) is 1.58. The fraction of sp³-hybridized carbons (Fsp3) is 0.250. The van der Waals surface area contributed by atoms with Gasteiger partial charge >= 0.3 is 6.18 Å². The number of hydrogen-bond acceptors (Lipinski definition) is 3. The van der Waals surface area contributed by atoms with Gasteiger partial charge in [-0.05, 0) is 0 Å². The monoisotopic (exact) mass is 251 g/mol. The summed E-state index contributed by atoms with van der Waals surface area (Å²) in [5, 5.41) is 8.96. The van der Waals surface area contributed by atoms with E-state index >= 15 is 0 Å². The molecular weight excluding hydrogens is 247 g/mol. The van der Waals surface area contributed by atoms with Gasteiger partial charge in [-0.25, -0.2) is 9.97 Å². The molecule has 0 fully saturated rings. The Morgan fingerprint density at radius 1 is 1.38 bits per heavy atom. The summed E-state index contributed by atoms with van der Waals surface area (Å²) in [7, 11) is 0. The highest BCUT2D eigenvalue weighted by Gasteiger charge is 2.41. The molecule has 2 N–H and O–H groups in total. The molecule has 0 saturated heterocycles. The lowest BCUT2D eigenvalue weighted by Gasteiger charge is -2.13. The van der Waals surface area contributed by atoms with Crippen LogP contribution in [0.3, 0.4) is 0 Å². The van der Waals surface area contributed by atoms with Crippen molar-refractivity contribution in [3.8, 4) is 0 Å². The zero-order valence-electron chi connectivity index (χ0n) is 7.59. The van der Waals surface area contributed by atoms with Crippen molar-refractivity contribution >= 4 is 22.6 Å². The summed E-state index contributed by atoms with van der Waals surface area (Å²) in [6.45, 7) is 0. The van der Waals surface area contributed by atoms with E-state index in [1.165, 1.54) is 0 Å². The smallest absolute Gasteiger partial charge is 0.379 e. The van der Waals surface area contributed by atoms with Gasteiger partial charge in [-0.15, -0.1) is 0 Å². The molecule has 0 aliphatic heterocycles. The minimum Gasteiger partial charge on any atom is -0.379 e. The summed E-state index contributed by atoms with van der Waals surface area (Å²) in [6.07, 6.45) is -5.23. The number of aliphatic hydroxyl groups is 1. The predicted octanol–water partition coefficient (Wildman–Crippen LogP) is 2.21. The van der Waals surface area contributed by atoms with Gasteiger partial charge in [0.05, 0.1) is 5.39 Å². The van der Waals surface area contributed by atoms with Gasteiger partial charge in [-0.3, -0.25) is 0 Å². The molecule has 0 aromatic carbocycles. The number of nitrogens with one attached hydrogen (secondary N) is 1. The van der Waals surface area contributed by atoms with Crippen molar-refractivity contribution in [3.05, 3.63) is 23.2 Å². The minimum absolute atomic E-state index is 0.0195. The molecule has 0 aliphatic carbocycles. The van der Waals surface area contributed by atoms with Gasteiger partial charge in [0.25, 0.3) is 0 Å². The molecule has 1 atom stereocenters. The Morgan fingerprint density at radius 2 is 2.06 bits per heavy atom. The Morgan fingerprint density at radius 3 is 2.69 bits per heavy atom. The summed E-state index contributed by atoms with van der Waals surface area (Å²) in [5.74, 6) is 0. The third-order valence-corrected chi connectivity index (χ3v) is 2.35. The van der Waals surface area contributed by atoms with Crippen LogP contribution in [0.25, 0.3) is 11.0 Å². The topological polar surface area (TPSA) is 61.8 Å². The summed E-state index contributed by atoms with van der Waals surface area (Å²) < 4.78 is 37.0. The number of rotatable bonds is 1. The van der Waals surface area contributed by atoms with E-state index in [0.29, 0.717) is 0 Å². The quantitative estimate of drug-likeness (QED) is 0.764. The molecule has 0 spiro atoms. The number of halogens is 4. The van der Waals surface area contributed by atoms with E-state index in [0.717, 1.165) is 12.5 Å². The lowest BCUT2D eigenvalue weighted by molar-refractivity contribution is -0.206. The van der Waals surface area contributed by atoms with Crippen LogP contribution < -0.4 is 0 Å². The SMILES string of the molecule is O[C@@H](c1c[nH]c2ncnc(Cl)c12)C(F)(F)F. The molecule has 0 unspecified atom stereocenters. The molecule has 2 heterocycles. The fourth-order valence-electron chi connectivity index (χ4n) is 1.34. The van der Waals surface area contributed by atoms with Crippen LogP contribution in [0.1, 0.15) is 11.7 Å². The second kappa shape index (κ2) is 3.60. The molecular formula is C8H5ClF3N3O. The summed E-state index contributed by atoms with van der Waals surface area (Å²) in [6, 6.07) is 0. The van der Waals surface area contributed by atoms with Crippen LogP contribution in [-0.2, 0) is 0 Å². The predicted molar refractivity (Wildman–Crippen MR) is 49.9 cm³/mol. The van der Waals surface area contributed by atoms with Gasteiger partial charge in [0.15, 0.2) is 6.10 Å². The van der Waals surface area contributed by atoms with Gasteiger partial charge < -0.3 is 10.1 Å². The van der Waals surface area contributed by atoms with E-state index in [1.807, 2.05) is 0 Å². The van der Waals surface area contributed by atoms with E-state index < -0.39 is 12.3 Å². The van der Waals surface area contributed by atoms with E-state index in [2.05, 4.69) is 15.0 Å². The second-order valence-electron chi connectivity index (χ2n) is 3.08. The average molecular weight is 252 g/mol. The molecule has 0 aliphatic rings. The third kappa shape index (κ3) is 1.72. The first-order chi connectivity index (χ1) is 7.41. The average Bonchev–Trinajstić information content (AvgIpc) is 2.60. The zero-order valence-corrected chi connectivity index (χ0v) is 8.34. The van der Waals surface area contributed by atoms with Crippen LogP contribution in [0.15, 0.2) is 12.5 Å². The van der Waals surface area contributed by atoms with Gasteiger partial charge in [-0.1, -0.05) is 11.6 Å². The lowest BCUT2D eigenvalue weighted by atomic mass is 10.1. The van der Waals surface area contributed by atoms with Gasteiger partial charge in [0, 0.05) is 11.8 Å². The number of fused-ring (bicyclic) bond motifs is 1. The van der Waals surface area contributed by atoms with Gasteiger partial charge in [0.2, 0.25) is 0 Å². The van der Waals surface area contributed by atoms with Crippen molar-refractivity contribution in [1.29, 1.82) is 0 Å². The molecule has 0 saturated carbocycles. The summed E-state index contributed by atoms with van der Waals surface area (Å²) >= 11 is 5.65. The Balaban J connectivity index is 2.62. The highest BCUT2D eigenvalue weighted by molar-refractivity contribution is 6.34. The van der Waals surface area contributed by atoms with E-state index in [-0.39, 0.29) is 21.7 Å². The first-order valence-electron chi connectivity index (χ1n) is 4.13. The van der Waals surface area contributed by atoms with E-state index in [4.69, 9.17) is 16.7 Å². The number of aliphatic hydroxyl groups excluding tert-OH is 1. The van der Waals surface area contributed by atoms with Crippen molar-refractivity contribution in [3.63, 3.8) is 0 Å².